The van der Waals surface area contributed by atoms with Gasteiger partial charge in [-0.3, -0.25) is 19.9 Å². The number of aromatic nitrogens is 3. The highest BCUT2D eigenvalue weighted by Crippen LogP contribution is 2.37. The van der Waals surface area contributed by atoms with Crippen LogP contribution in [-0.2, 0) is 22.3 Å². The standard InChI is InChI=1S/C41H48BrF6N7O5/c1-25(2)21-54(24-40(43,44)45)28-10-11-34-30(16-28)31(41(46,47)48)17-38(57)55(34)12-8-6-5-7-9-37(56)53-13-14-59-29(22-53)23-60-35-15-26(3)32(42)18-33(35)51-39(58)52-36-20-49-27(4)19-50-36/h10-11,15-20,25,29H,5-9,12-14,21-24H2,1-4H3,(H2,50,51,52,58)/t29-/m0/s1. The lowest BCUT2D eigenvalue weighted by atomic mass is 10.1. The van der Waals surface area contributed by atoms with Crippen molar-refractivity contribution in [1.29, 1.82) is 0 Å². The highest BCUT2D eigenvalue weighted by Gasteiger charge is 2.35. The summed E-state index contributed by atoms with van der Waals surface area (Å²) in [4.78, 5) is 49.8. The summed E-state index contributed by atoms with van der Waals surface area (Å²) in [6.07, 6.45) is -4.53. The number of aryl methyl sites for hydroxylation is 3. The van der Waals surface area contributed by atoms with Gasteiger partial charge in [0.25, 0.3) is 5.56 Å². The Hall–Kier alpha value is -4.91. The number of ether oxygens (including phenoxy) is 2. The molecule has 2 N–H and O–H groups in total. The molecule has 0 unspecified atom stereocenters. The smallest absolute Gasteiger partial charge is 0.417 e. The lowest BCUT2D eigenvalue weighted by molar-refractivity contribution is -0.140. The quantitative estimate of drug-likeness (QED) is 0.0842. The van der Waals surface area contributed by atoms with Crippen LogP contribution in [0, 0.1) is 19.8 Å². The number of urea groups is 1. The lowest BCUT2D eigenvalue weighted by Gasteiger charge is -2.33. The van der Waals surface area contributed by atoms with E-state index in [0.717, 1.165) is 21.0 Å². The first-order valence-corrected chi connectivity index (χ1v) is 20.3. The van der Waals surface area contributed by atoms with Crippen molar-refractivity contribution in [1.82, 2.24) is 19.4 Å². The molecule has 0 spiro atoms. The van der Waals surface area contributed by atoms with Crippen molar-refractivity contribution < 1.29 is 45.4 Å². The van der Waals surface area contributed by atoms with Crippen LogP contribution in [0.25, 0.3) is 10.9 Å². The monoisotopic (exact) mass is 911 g/mol. The van der Waals surface area contributed by atoms with Crippen LogP contribution in [-0.4, -0.2) is 83.0 Å². The number of pyridine rings is 1. The van der Waals surface area contributed by atoms with Gasteiger partial charge in [0.1, 0.15) is 25.0 Å². The van der Waals surface area contributed by atoms with E-state index >= 15 is 0 Å². The Morgan fingerprint density at radius 1 is 1.00 bits per heavy atom. The predicted octanol–water partition coefficient (Wildman–Crippen LogP) is 9.12. The third-order valence-electron chi connectivity index (χ3n) is 9.69. The van der Waals surface area contributed by atoms with Crippen molar-refractivity contribution in [3.8, 4) is 5.75 Å². The van der Waals surface area contributed by atoms with Crippen LogP contribution in [0.1, 0.15) is 62.8 Å². The first-order valence-electron chi connectivity index (χ1n) is 19.5. The van der Waals surface area contributed by atoms with Crippen molar-refractivity contribution in [2.45, 2.75) is 84.8 Å². The third-order valence-corrected chi connectivity index (χ3v) is 10.5. The number of morpholine rings is 1. The topological polar surface area (TPSA) is 131 Å². The second-order valence-electron chi connectivity index (χ2n) is 15.2. The fourth-order valence-corrected chi connectivity index (χ4v) is 7.18. The summed E-state index contributed by atoms with van der Waals surface area (Å²) in [7, 11) is 0. The molecule has 0 bridgehead atoms. The molecule has 2 aromatic heterocycles. The van der Waals surface area contributed by atoms with E-state index in [9.17, 15) is 40.7 Å². The Morgan fingerprint density at radius 2 is 1.75 bits per heavy atom. The van der Waals surface area contributed by atoms with Crippen molar-refractivity contribution in [3.63, 3.8) is 0 Å². The summed E-state index contributed by atoms with van der Waals surface area (Å²) < 4.78 is 96.5. The Morgan fingerprint density at radius 3 is 2.43 bits per heavy atom. The maximum absolute atomic E-state index is 14.1. The van der Waals surface area contributed by atoms with Crippen LogP contribution >= 0.6 is 15.9 Å². The number of benzene rings is 2. The Kier molecular flexibility index (Phi) is 15.5. The zero-order valence-electron chi connectivity index (χ0n) is 33.7. The van der Waals surface area contributed by atoms with Crippen molar-refractivity contribution in [2.24, 2.45) is 5.92 Å². The van der Waals surface area contributed by atoms with Crippen molar-refractivity contribution >= 4 is 56.0 Å². The highest BCUT2D eigenvalue weighted by molar-refractivity contribution is 9.10. The van der Waals surface area contributed by atoms with Crippen LogP contribution in [0.4, 0.5) is 48.3 Å². The number of nitrogens with zero attached hydrogens (tertiary/aromatic N) is 5. The Balaban J connectivity index is 1.13. The van der Waals surface area contributed by atoms with E-state index < -0.39 is 42.2 Å². The van der Waals surface area contributed by atoms with E-state index in [2.05, 4.69) is 36.5 Å². The number of amides is 3. The maximum Gasteiger partial charge on any atom is 0.417 e. The van der Waals surface area contributed by atoms with Gasteiger partial charge in [0.05, 0.1) is 48.0 Å². The van der Waals surface area contributed by atoms with Gasteiger partial charge in [-0.25, -0.2) is 9.78 Å². The number of rotatable bonds is 16. The summed E-state index contributed by atoms with van der Waals surface area (Å²) in [5, 5.41) is 5.05. The zero-order chi connectivity index (χ0) is 43.8. The van der Waals surface area contributed by atoms with Crippen molar-refractivity contribution in [2.75, 3.05) is 54.9 Å². The minimum Gasteiger partial charge on any atom is -0.489 e. The summed E-state index contributed by atoms with van der Waals surface area (Å²) >= 11 is 3.48. The average molecular weight is 913 g/mol. The second kappa shape index (κ2) is 20.1. The summed E-state index contributed by atoms with van der Waals surface area (Å²) in [6, 6.07) is 7.12. The molecule has 3 amide bonds. The number of hydrogen-bond donors (Lipinski definition) is 2. The molecule has 60 heavy (non-hydrogen) atoms. The number of fused-ring (bicyclic) bond motifs is 1. The molecule has 2 aromatic carbocycles. The number of nitrogens with one attached hydrogen (secondary N) is 2. The molecule has 1 atom stereocenters. The largest absolute Gasteiger partial charge is 0.489 e. The molecule has 19 heteroatoms. The number of alkyl halides is 6. The van der Waals surface area contributed by atoms with Gasteiger partial charge in [0.2, 0.25) is 5.91 Å². The number of halogens is 7. The molecule has 12 nitrogen and oxygen atoms in total. The molecule has 3 heterocycles. The Labute approximate surface area is 351 Å². The molecule has 0 saturated carbocycles. The minimum absolute atomic E-state index is 0.0159. The lowest BCUT2D eigenvalue weighted by Crippen LogP contribution is -2.47. The molecule has 0 radical (unpaired) electrons. The predicted molar refractivity (Wildman–Crippen MR) is 220 cm³/mol. The van der Waals surface area contributed by atoms with Gasteiger partial charge in [0.15, 0.2) is 5.82 Å². The van der Waals surface area contributed by atoms with Gasteiger partial charge in [-0.15, -0.1) is 0 Å². The van der Waals surface area contributed by atoms with Gasteiger partial charge < -0.3 is 29.2 Å². The number of carbonyl (C=O) groups is 2. The number of hydrogen-bond acceptors (Lipinski definition) is 8. The van der Waals surface area contributed by atoms with E-state index in [4.69, 9.17) is 9.47 Å². The number of anilines is 3. The number of unbranched alkanes of at least 4 members (excludes halogenated alkanes) is 3. The van der Waals surface area contributed by atoms with Crippen LogP contribution < -0.4 is 25.8 Å². The summed E-state index contributed by atoms with van der Waals surface area (Å²) in [5.41, 5.74) is -0.135. The van der Waals surface area contributed by atoms with E-state index in [0.29, 0.717) is 68.6 Å². The molecule has 0 aliphatic carbocycles. The minimum atomic E-state index is -4.90. The van der Waals surface area contributed by atoms with Crippen LogP contribution in [0.3, 0.4) is 0 Å². The first kappa shape index (κ1) is 46.2. The third kappa shape index (κ3) is 13.0. The second-order valence-corrected chi connectivity index (χ2v) is 16.0. The van der Waals surface area contributed by atoms with E-state index in [1.807, 2.05) is 6.92 Å². The van der Waals surface area contributed by atoms with Crippen LogP contribution in [0.15, 0.2) is 58.1 Å². The molecule has 326 valence electrons. The fraction of sp³-hybridized carbons (Fsp3) is 0.488. The van der Waals surface area contributed by atoms with E-state index in [1.165, 1.54) is 29.1 Å². The highest BCUT2D eigenvalue weighted by atomic mass is 79.9. The van der Waals surface area contributed by atoms with E-state index in [-0.39, 0.29) is 60.4 Å². The van der Waals surface area contributed by atoms with Gasteiger partial charge in [-0.1, -0.05) is 42.6 Å². The normalized spacial score (nSPS) is 14.7. The number of carbonyl (C=O) groups excluding carboxylic acids is 2. The van der Waals surface area contributed by atoms with Gasteiger partial charge in [-0.05, 0) is 68.5 Å². The fourth-order valence-electron chi connectivity index (χ4n) is 6.84. The van der Waals surface area contributed by atoms with Crippen LogP contribution in [0.2, 0.25) is 0 Å². The van der Waals surface area contributed by atoms with E-state index in [1.54, 1.807) is 37.8 Å². The zero-order valence-corrected chi connectivity index (χ0v) is 35.3. The summed E-state index contributed by atoms with van der Waals surface area (Å²) in [5.74, 6) is 0.403. The van der Waals surface area contributed by atoms with Gasteiger partial charge >= 0.3 is 18.4 Å². The molecule has 4 aromatic rings. The molecular weight excluding hydrogens is 864 g/mol. The van der Waals surface area contributed by atoms with Gasteiger partial charge in [-0.2, -0.15) is 26.3 Å². The molecular formula is C41H48BrF6N7O5. The SMILES string of the molecule is Cc1cnc(NC(=O)Nc2cc(Br)c(C)cc2OC[C@@H]2CN(C(=O)CCCCCCn3c(=O)cc(C(F)(F)F)c4cc(N(CC(C)C)CC(F)(F)F)ccc43)CCO2)cn1. The Bertz CT molecular complexity index is 2180. The van der Waals surface area contributed by atoms with Gasteiger partial charge in [0, 0.05) is 47.7 Å². The van der Waals surface area contributed by atoms with Crippen molar-refractivity contribution in [3.05, 3.63) is 80.4 Å². The first-order chi connectivity index (χ1) is 28.3. The van der Waals surface area contributed by atoms with Crippen LogP contribution in [0.5, 0.6) is 5.75 Å². The maximum atomic E-state index is 14.1. The molecule has 1 aliphatic rings. The molecule has 1 aliphatic heterocycles. The summed E-state index contributed by atoms with van der Waals surface area (Å²) in [6.45, 7) is 6.91. The molecule has 1 fully saturated rings. The molecule has 1 saturated heterocycles. The molecule has 5 rings (SSSR count). The average Bonchev–Trinajstić information content (AvgIpc) is 3.16.